The molecule has 0 nitrogen and oxygen atoms in total. The summed E-state index contributed by atoms with van der Waals surface area (Å²) in [4.78, 5) is 0. The fourth-order valence-electron chi connectivity index (χ4n) is 3.85. The molecule has 3 saturated carbocycles. The van der Waals surface area contributed by atoms with E-state index in [9.17, 15) is 0 Å². The first-order valence-electron chi connectivity index (χ1n) is 6.73. The van der Waals surface area contributed by atoms with Crippen molar-refractivity contribution in [3.05, 3.63) is 0 Å². The lowest BCUT2D eigenvalue weighted by Crippen LogP contribution is -2.24. The third-order valence-electron chi connectivity index (χ3n) is 4.61. The summed E-state index contributed by atoms with van der Waals surface area (Å²) in [6.07, 6.45) is 13.5. The Hall–Kier alpha value is 0. The van der Waals surface area contributed by atoms with Gasteiger partial charge in [0, 0.05) is 0 Å². The maximum atomic E-state index is 2.50. The van der Waals surface area contributed by atoms with E-state index >= 15 is 0 Å². The minimum Gasteiger partial charge on any atom is -0.0654 e. The van der Waals surface area contributed by atoms with E-state index in [2.05, 4.69) is 13.8 Å². The van der Waals surface area contributed by atoms with Crippen LogP contribution >= 0.6 is 0 Å². The Bertz CT molecular complexity index is 176. The van der Waals surface area contributed by atoms with Crippen LogP contribution in [0, 0.1) is 17.3 Å². The average Bonchev–Trinajstić information content (AvgIpc) is 2.57. The maximum absolute atomic E-state index is 2.50. The Morgan fingerprint density at radius 2 is 1.71 bits per heavy atom. The summed E-state index contributed by atoms with van der Waals surface area (Å²) in [5.74, 6) is 2.27. The van der Waals surface area contributed by atoms with Crippen LogP contribution < -0.4 is 0 Å². The van der Waals surface area contributed by atoms with Gasteiger partial charge in [-0.3, -0.25) is 0 Å². The molecule has 0 saturated heterocycles. The summed E-state index contributed by atoms with van der Waals surface area (Å²) in [6.45, 7) is 4.80. The molecule has 3 aliphatic carbocycles. The van der Waals surface area contributed by atoms with Crippen LogP contribution in [-0.4, -0.2) is 0 Å². The molecule has 0 aromatic heterocycles. The second-order valence-corrected chi connectivity index (χ2v) is 6.15. The molecule has 82 valence electrons. The molecule has 3 fully saturated rings. The average molecular weight is 194 g/mol. The van der Waals surface area contributed by atoms with E-state index in [0.717, 1.165) is 17.3 Å². The van der Waals surface area contributed by atoms with Gasteiger partial charge in [-0.15, -0.1) is 0 Å². The number of unbranched alkanes of at least 4 members (excludes halogenated alkanes) is 4. The summed E-state index contributed by atoms with van der Waals surface area (Å²) in [5, 5.41) is 0. The second-order valence-electron chi connectivity index (χ2n) is 6.15. The Balaban J connectivity index is 1.55. The highest BCUT2D eigenvalue weighted by atomic mass is 14.6. The fraction of sp³-hybridized carbons (Fsp3) is 1.00. The van der Waals surface area contributed by atoms with Crippen molar-refractivity contribution >= 4 is 0 Å². The zero-order valence-corrected chi connectivity index (χ0v) is 10.0. The van der Waals surface area contributed by atoms with E-state index in [1.54, 1.807) is 25.7 Å². The number of hydrogen-bond acceptors (Lipinski definition) is 0. The molecule has 14 heavy (non-hydrogen) atoms. The first kappa shape index (κ1) is 10.5. The van der Waals surface area contributed by atoms with Gasteiger partial charge in [0.15, 0.2) is 0 Å². The molecule has 0 heterocycles. The number of hydrogen-bond donors (Lipinski definition) is 0. The number of rotatable bonds is 6. The van der Waals surface area contributed by atoms with E-state index in [-0.39, 0.29) is 0 Å². The summed E-state index contributed by atoms with van der Waals surface area (Å²) < 4.78 is 0. The molecule has 0 aromatic carbocycles. The molecular weight excluding hydrogens is 168 g/mol. The maximum Gasteiger partial charge on any atom is -0.0318 e. The van der Waals surface area contributed by atoms with E-state index in [0.29, 0.717) is 0 Å². The third kappa shape index (κ3) is 2.15. The van der Waals surface area contributed by atoms with Crippen molar-refractivity contribution in [1.29, 1.82) is 0 Å². The molecule has 0 aromatic rings. The van der Waals surface area contributed by atoms with E-state index in [4.69, 9.17) is 0 Å². The van der Waals surface area contributed by atoms with Crippen molar-refractivity contribution in [3.63, 3.8) is 0 Å². The van der Waals surface area contributed by atoms with Crippen molar-refractivity contribution in [2.75, 3.05) is 0 Å². The molecule has 0 radical (unpaired) electrons. The van der Waals surface area contributed by atoms with Gasteiger partial charge >= 0.3 is 0 Å². The molecule has 0 N–H and O–H groups in total. The smallest absolute Gasteiger partial charge is 0.0318 e. The highest BCUT2D eigenvalue weighted by Crippen LogP contribution is 2.62. The highest BCUT2D eigenvalue weighted by Gasteiger charge is 2.51. The van der Waals surface area contributed by atoms with Crippen LogP contribution in [0.4, 0.5) is 0 Å². The summed E-state index contributed by atoms with van der Waals surface area (Å²) in [6, 6.07) is 0. The van der Waals surface area contributed by atoms with Gasteiger partial charge in [0.25, 0.3) is 0 Å². The quantitative estimate of drug-likeness (QED) is 0.534. The summed E-state index contributed by atoms with van der Waals surface area (Å²) in [5.41, 5.74) is 0.804. The SMILES string of the molecule is CCCCCCCC1CC2(C)CC1C2. The Kier molecular flexibility index (Phi) is 3.19. The topological polar surface area (TPSA) is 0 Å². The lowest BCUT2D eigenvalue weighted by atomic mass is 9.71. The van der Waals surface area contributed by atoms with Gasteiger partial charge in [-0.25, -0.2) is 0 Å². The third-order valence-corrected chi connectivity index (χ3v) is 4.61. The van der Waals surface area contributed by atoms with E-state index in [1.807, 2.05) is 0 Å². The van der Waals surface area contributed by atoms with Gasteiger partial charge in [0.2, 0.25) is 0 Å². The summed E-state index contributed by atoms with van der Waals surface area (Å²) >= 11 is 0. The second kappa shape index (κ2) is 4.24. The Morgan fingerprint density at radius 3 is 2.29 bits per heavy atom. The van der Waals surface area contributed by atoms with Gasteiger partial charge in [-0.1, -0.05) is 52.4 Å². The van der Waals surface area contributed by atoms with Crippen molar-refractivity contribution in [3.8, 4) is 0 Å². The van der Waals surface area contributed by atoms with Gasteiger partial charge in [0.05, 0.1) is 0 Å². The van der Waals surface area contributed by atoms with Crippen LogP contribution in [0.25, 0.3) is 0 Å². The molecule has 0 heteroatoms. The van der Waals surface area contributed by atoms with Crippen molar-refractivity contribution in [2.24, 2.45) is 17.3 Å². The Labute approximate surface area is 89.5 Å². The van der Waals surface area contributed by atoms with Gasteiger partial charge < -0.3 is 0 Å². The molecule has 2 bridgehead atoms. The molecule has 0 spiro atoms. The Morgan fingerprint density at radius 1 is 1.00 bits per heavy atom. The van der Waals surface area contributed by atoms with E-state index < -0.39 is 0 Å². The zero-order valence-electron chi connectivity index (χ0n) is 10.0. The van der Waals surface area contributed by atoms with Crippen LogP contribution in [0.2, 0.25) is 0 Å². The number of fused-ring (bicyclic) bond motifs is 1. The molecule has 1 atom stereocenters. The molecule has 0 amide bonds. The molecule has 3 aliphatic rings. The van der Waals surface area contributed by atoms with E-state index in [1.165, 1.54) is 32.1 Å². The highest BCUT2D eigenvalue weighted by molar-refractivity contribution is 5.02. The molecule has 3 rings (SSSR count). The molecule has 0 aliphatic heterocycles. The molecule has 1 unspecified atom stereocenters. The normalized spacial score (nSPS) is 39.9. The van der Waals surface area contributed by atoms with Crippen molar-refractivity contribution in [2.45, 2.75) is 71.6 Å². The minimum absolute atomic E-state index is 0.804. The largest absolute Gasteiger partial charge is 0.0654 e. The van der Waals surface area contributed by atoms with Gasteiger partial charge in [-0.05, 0) is 36.5 Å². The zero-order chi connectivity index (χ0) is 10.0. The van der Waals surface area contributed by atoms with Gasteiger partial charge in [0.1, 0.15) is 0 Å². The standard InChI is InChI=1S/C14H26/c1-3-4-5-6-7-8-12-9-14(2)10-13(12)11-14/h12-13H,3-11H2,1-2H3. The van der Waals surface area contributed by atoms with Crippen LogP contribution in [0.3, 0.4) is 0 Å². The van der Waals surface area contributed by atoms with Crippen molar-refractivity contribution < 1.29 is 0 Å². The first-order chi connectivity index (χ1) is 6.73. The van der Waals surface area contributed by atoms with Crippen molar-refractivity contribution in [1.82, 2.24) is 0 Å². The lowest BCUT2D eigenvalue weighted by molar-refractivity contribution is 0.161. The fourth-order valence-corrected chi connectivity index (χ4v) is 3.85. The van der Waals surface area contributed by atoms with Gasteiger partial charge in [-0.2, -0.15) is 0 Å². The van der Waals surface area contributed by atoms with Crippen LogP contribution in [0.1, 0.15) is 71.6 Å². The van der Waals surface area contributed by atoms with Crippen LogP contribution in [0.5, 0.6) is 0 Å². The first-order valence-corrected chi connectivity index (χ1v) is 6.73. The molecular formula is C14H26. The predicted molar refractivity (Wildman–Crippen MR) is 62.3 cm³/mol. The van der Waals surface area contributed by atoms with Crippen LogP contribution in [0.15, 0.2) is 0 Å². The minimum atomic E-state index is 0.804. The predicted octanol–water partition coefficient (Wildman–Crippen LogP) is 4.78. The lowest BCUT2D eigenvalue weighted by Gasteiger charge is -2.34. The monoisotopic (exact) mass is 194 g/mol. The summed E-state index contributed by atoms with van der Waals surface area (Å²) in [7, 11) is 0. The van der Waals surface area contributed by atoms with Crippen LogP contribution in [-0.2, 0) is 0 Å².